The average molecular weight is 705 g/mol. The summed E-state index contributed by atoms with van der Waals surface area (Å²) in [6.45, 7) is 4.77. The van der Waals surface area contributed by atoms with Gasteiger partial charge in [-0.2, -0.15) is 0 Å². The minimum Gasteiger partial charge on any atom is -0.310 e. The fraction of sp³-hybridized carbons (Fsp3) is 0.0566. The third-order valence-corrected chi connectivity index (χ3v) is 11.4. The minimum atomic E-state index is -0.228. The Morgan fingerprint density at radius 1 is 0.400 bits per heavy atom. The molecule has 0 atom stereocenters. The van der Waals surface area contributed by atoms with E-state index in [2.05, 4.69) is 230 Å². The third-order valence-electron chi connectivity index (χ3n) is 11.4. The van der Waals surface area contributed by atoms with Crippen molar-refractivity contribution in [3.05, 3.63) is 217 Å². The fourth-order valence-electron chi connectivity index (χ4n) is 8.72. The molecule has 0 spiro atoms. The number of fused-ring (bicyclic) bond motifs is 4. The number of rotatable bonds is 7. The highest BCUT2D eigenvalue weighted by molar-refractivity contribution is 6.06. The molecule has 10 rings (SSSR count). The first kappa shape index (κ1) is 32.7. The van der Waals surface area contributed by atoms with Crippen molar-refractivity contribution in [3.63, 3.8) is 0 Å². The number of hydrogen-bond acceptors (Lipinski definition) is 1. The summed E-state index contributed by atoms with van der Waals surface area (Å²) >= 11 is 0. The summed E-state index contributed by atoms with van der Waals surface area (Å²) in [4.78, 5) is 2.38. The van der Waals surface area contributed by atoms with Crippen LogP contribution in [0.5, 0.6) is 0 Å². The Bertz CT molecular complexity index is 2800. The molecule has 1 aliphatic rings. The molecule has 0 radical (unpaired) electrons. The molecule has 0 aliphatic heterocycles. The largest absolute Gasteiger partial charge is 0.310 e. The van der Waals surface area contributed by atoms with E-state index >= 15 is 0 Å². The molecule has 1 aliphatic carbocycles. The highest BCUT2D eigenvalue weighted by Crippen LogP contribution is 2.52. The van der Waals surface area contributed by atoms with Gasteiger partial charge in [-0.25, -0.2) is 0 Å². The summed E-state index contributed by atoms with van der Waals surface area (Å²) in [5, 5.41) is 1.25. The summed E-state index contributed by atoms with van der Waals surface area (Å²) in [5.41, 5.74) is 18.1. The standard InChI is InChI=1S/C53H40N2/c1-53(2)48-35-43(54(41-23-13-6-14-24-41)42-29-27-38(28-30-42)37-17-7-3-8-18-37)31-33-45(48)46-34-32-44(36-49(46)53)55-50-26-16-15-25-47(50)51(39-19-9-4-10-20-39)52(55)40-21-11-5-12-22-40/h3-36H,1-2H3. The second kappa shape index (κ2) is 13.2. The van der Waals surface area contributed by atoms with Gasteiger partial charge in [0.2, 0.25) is 0 Å². The van der Waals surface area contributed by atoms with E-state index in [1.54, 1.807) is 0 Å². The average Bonchev–Trinajstić information content (AvgIpc) is 3.71. The van der Waals surface area contributed by atoms with Crippen molar-refractivity contribution in [2.45, 2.75) is 19.3 Å². The zero-order valence-electron chi connectivity index (χ0n) is 31.0. The molecule has 262 valence electrons. The maximum Gasteiger partial charge on any atom is 0.0619 e. The lowest BCUT2D eigenvalue weighted by Gasteiger charge is -2.28. The Balaban J connectivity index is 1.11. The Morgan fingerprint density at radius 3 is 1.56 bits per heavy atom. The zero-order valence-corrected chi connectivity index (χ0v) is 31.0. The van der Waals surface area contributed by atoms with Crippen LogP contribution in [0.3, 0.4) is 0 Å². The Hall–Kier alpha value is -6.90. The zero-order chi connectivity index (χ0) is 36.9. The highest BCUT2D eigenvalue weighted by atomic mass is 15.1. The molecular formula is C53H40N2. The third kappa shape index (κ3) is 5.49. The highest BCUT2D eigenvalue weighted by Gasteiger charge is 2.37. The lowest BCUT2D eigenvalue weighted by molar-refractivity contribution is 0.660. The SMILES string of the molecule is CC1(C)c2cc(N(c3ccccc3)c3ccc(-c4ccccc4)cc3)ccc2-c2ccc(-n3c(-c4ccccc4)c(-c4ccccc4)c4ccccc43)cc21. The van der Waals surface area contributed by atoms with Gasteiger partial charge in [-0.3, -0.25) is 0 Å². The second-order valence-electron chi connectivity index (χ2n) is 15.0. The Kier molecular flexibility index (Phi) is 7.85. The lowest BCUT2D eigenvalue weighted by atomic mass is 9.82. The van der Waals surface area contributed by atoms with Crippen molar-refractivity contribution in [2.24, 2.45) is 0 Å². The maximum absolute atomic E-state index is 2.48. The number of para-hydroxylation sites is 2. The molecule has 1 heterocycles. The molecule has 1 aromatic heterocycles. The Labute approximate surface area is 323 Å². The quantitative estimate of drug-likeness (QED) is 0.160. The molecule has 0 amide bonds. The van der Waals surface area contributed by atoms with Crippen molar-refractivity contribution >= 4 is 28.0 Å². The van der Waals surface area contributed by atoms with Gasteiger partial charge in [0.1, 0.15) is 0 Å². The van der Waals surface area contributed by atoms with Gasteiger partial charge < -0.3 is 9.47 Å². The van der Waals surface area contributed by atoms with E-state index in [0.29, 0.717) is 0 Å². The molecule has 2 nitrogen and oxygen atoms in total. The smallest absolute Gasteiger partial charge is 0.0619 e. The van der Waals surface area contributed by atoms with E-state index < -0.39 is 0 Å². The molecule has 0 saturated heterocycles. The number of benzene rings is 8. The van der Waals surface area contributed by atoms with Crippen molar-refractivity contribution in [2.75, 3.05) is 4.90 Å². The second-order valence-corrected chi connectivity index (χ2v) is 15.0. The molecule has 55 heavy (non-hydrogen) atoms. The van der Waals surface area contributed by atoms with Gasteiger partial charge in [0.05, 0.1) is 11.2 Å². The maximum atomic E-state index is 2.48. The van der Waals surface area contributed by atoms with Gasteiger partial charge in [-0.05, 0) is 99.1 Å². The predicted octanol–water partition coefficient (Wildman–Crippen LogP) is 14.4. The molecule has 9 aromatic rings. The molecule has 8 aromatic carbocycles. The number of aromatic nitrogens is 1. The van der Waals surface area contributed by atoms with Gasteiger partial charge in [0.25, 0.3) is 0 Å². The van der Waals surface area contributed by atoms with Gasteiger partial charge in [0.15, 0.2) is 0 Å². The first-order valence-corrected chi connectivity index (χ1v) is 19.1. The van der Waals surface area contributed by atoms with Crippen molar-refractivity contribution in [1.82, 2.24) is 4.57 Å². The first-order chi connectivity index (χ1) is 27.1. The van der Waals surface area contributed by atoms with Crippen LogP contribution in [0.25, 0.3) is 61.2 Å². The molecule has 0 fully saturated rings. The van der Waals surface area contributed by atoms with Crippen LogP contribution in [-0.2, 0) is 5.41 Å². The van der Waals surface area contributed by atoms with Crippen LogP contribution < -0.4 is 4.90 Å². The van der Waals surface area contributed by atoms with Crippen LogP contribution in [0.15, 0.2) is 206 Å². The number of nitrogens with zero attached hydrogens (tertiary/aromatic N) is 2. The van der Waals surface area contributed by atoms with E-state index in [1.807, 2.05) is 0 Å². The normalized spacial score (nSPS) is 12.7. The van der Waals surface area contributed by atoms with E-state index in [9.17, 15) is 0 Å². The lowest BCUT2D eigenvalue weighted by Crippen LogP contribution is -2.17. The van der Waals surface area contributed by atoms with Crippen LogP contribution in [-0.4, -0.2) is 4.57 Å². The first-order valence-electron chi connectivity index (χ1n) is 19.1. The summed E-state index contributed by atoms with van der Waals surface area (Å²) in [7, 11) is 0. The number of anilines is 3. The minimum absolute atomic E-state index is 0.228. The molecular weight excluding hydrogens is 665 g/mol. The summed E-state index contributed by atoms with van der Waals surface area (Å²) in [6, 6.07) is 74.9. The monoisotopic (exact) mass is 704 g/mol. The number of hydrogen-bond donors (Lipinski definition) is 0. The van der Waals surface area contributed by atoms with E-state index in [1.165, 1.54) is 72.4 Å². The summed E-state index contributed by atoms with van der Waals surface area (Å²) in [6.07, 6.45) is 0. The predicted molar refractivity (Wildman–Crippen MR) is 232 cm³/mol. The van der Waals surface area contributed by atoms with Crippen LogP contribution in [0.1, 0.15) is 25.0 Å². The van der Waals surface area contributed by atoms with Gasteiger partial charge >= 0.3 is 0 Å². The van der Waals surface area contributed by atoms with E-state index in [4.69, 9.17) is 0 Å². The van der Waals surface area contributed by atoms with Crippen LogP contribution in [0.2, 0.25) is 0 Å². The summed E-state index contributed by atoms with van der Waals surface area (Å²) < 4.78 is 2.48. The van der Waals surface area contributed by atoms with Crippen LogP contribution in [0, 0.1) is 0 Å². The van der Waals surface area contributed by atoms with E-state index in [0.717, 1.165) is 17.1 Å². The van der Waals surface area contributed by atoms with Crippen LogP contribution in [0.4, 0.5) is 17.1 Å². The van der Waals surface area contributed by atoms with Crippen molar-refractivity contribution in [3.8, 4) is 50.3 Å². The van der Waals surface area contributed by atoms with Crippen LogP contribution >= 0.6 is 0 Å². The van der Waals surface area contributed by atoms with Gasteiger partial charge in [-0.1, -0.05) is 166 Å². The molecule has 0 saturated carbocycles. The summed E-state index contributed by atoms with van der Waals surface area (Å²) in [5.74, 6) is 0. The van der Waals surface area contributed by atoms with Gasteiger partial charge in [0, 0.05) is 39.1 Å². The topological polar surface area (TPSA) is 8.17 Å². The fourth-order valence-corrected chi connectivity index (χ4v) is 8.72. The van der Waals surface area contributed by atoms with E-state index in [-0.39, 0.29) is 5.41 Å². The van der Waals surface area contributed by atoms with Crippen molar-refractivity contribution in [1.29, 1.82) is 0 Å². The molecule has 0 bridgehead atoms. The molecule has 0 N–H and O–H groups in total. The van der Waals surface area contributed by atoms with Crippen molar-refractivity contribution < 1.29 is 0 Å². The molecule has 2 heteroatoms. The van der Waals surface area contributed by atoms with Gasteiger partial charge in [-0.15, -0.1) is 0 Å². The molecule has 0 unspecified atom stereocenters. The Morgan fingerprint density at radius 2 is 0.891 bits per heavy atom.